The quantitative estimate of drug-likeness (QED) is 0.692. The number of aliphatic hydroxyl groups excluding tert-OH is 2. The molecule has 3 N–H and O–H groups in total. The molecule has 0 aromatic carbocycles. The smallest absolute Gasteiger partial charge is 0.329 e. The van der Waals surface area contributed by atoms with Crippen molar-refractivity contribution in [3.05, 3.63) is 43.5 Å². The fourth-order valence-corrected chi connectivity index (χ4v) is 2.09. The fourth-order valence-electron chi connectivity index (χ4n) is 1.94. The number of aromatic amines is 1. The number of aromatic nitrogens is 2. The lowest BCUT2D eigenvalue weighted by Crippen LogP contribution is -2.32. The van der Waals surface area contributed by atoms with Crippen molar-refractivity contribution in [3.8, 4) is 0 Å². The number of aliphatic hydroxyl groups is 2. The standard InChI is InChI=1S/C10H10ClFN2O4/c11-5-2-14(10(18)13-9(5)17)6-1-7(16)4(3-15)8(6)12/h2,6-7,15-16H,1,3H2,(H,13,17,18)/t6-,7+/m0/s1. The highest BCUT2D eigenvalue weighted by atomic mass is 35.5. The molecular weight excluding hydrogens is 267 g/mol. The summed E-state index contributed by atoms with van der Waals surface area (Å²) >= 11 is 5.56. The van der Waals surface area contributed by atoms with Crippen LogP contribution in [0.3, 0.4) is 0 Å². The number of H-pyrrole nitrogens is 1. The Morgan fingerprint density at radius 3 is 2.78 bits per heavy atom. The van der Waals surface area contributed by atoms with Gasteiger partial charge in [0.05, 0.1) is 18.8 Å². The first-order valence-corrected chi connectivity index (χ1v) is 5.51. The molecule has 0 fully saturated rings. The Balaban J connectivity index is 2.52. The van der Waals surface area contributed by atoms with Crippen molar-refractivity contribution in [2.75, 3.05) is 6.61 Å². The molecule has 0 amide bonds. The van der Waals surface area contributed by atoms with Gasteiger partial charge in [-0.1, -0.05) is 11.6 Å². The van der Waals surface area contributed by atoms with Crippen LogP contribution in [0.15, 0.2) is 27.2 Å². The highest BCUT2D eigenvalue weighted by molar-refractivity contribution is 6.30. The van der Waals surface area contributed by atoms with Gasteiger partial charge < -0.3 is 10.2 Å². The third kappa shape index (κ3) is 2.00. The van der Waals surface area contributed by atoms with Crippen molar-refractivity contribution in [1.29, 1.82) is 0 Å². The van der Waals surface area contributed by atoms with Gasteiger partial charge >= 0.3 is 5.69 Å². The molecule has 1 aromatic rings. The first-order valence-electron chi connectivity index (χ1n) is 5.14. The summed E-state index contributed by atoms with van der Waals surface area (Å²) in [6.07, 6.45) is -0.234. The number of halogens is 2. The Kier molecular flexibility index (Phi) is 3.38. The number of hydrogen-bond donors (Lipinski definition) is 3. The molecule has 1 heterocycles. The second-order valence-corrected chi connectivity index (χ2v) is 4.35. The van der Waals surface area contributed by atoms with Gasteiger partial charge in [0, 0.05) is 18.2 Å². The van der Waals surface area contributed by atoms with E-state index in [1.807, 2.05) is 4.98 Å². The topological polar surface area (TPSA) is 95.3 Å². The number of nitrogens with one attached hydrogen (secondary N) is 1. The average molecular weight is 277 g/mol. The molecule has 98 valence electrons. The van der Waals surface area contributed by atoms with E-state index in [-0.39, 0.29) is 17.0 Å². The van der Waals surface area contributed by atoms with Gasteiger partial charge in [-0.25, -0.2) is 9.18 Å². The highest BCUT2D eigenvalue weighted by Gasteiger charge is 2.34. The average Bonchev–Trinajstić information content (AvgIpc) is 2.59. The Hall–Kier alpha value is -1.44. The lowest BCUT2D eigenvalue weighted by Gasteiger charge is -2.13. The summed E-state index contributed by atoms with van der Waals surface area (Å²) in [5.41, 5.74) is -1.74. The van der Waals surface area contributed by atoms with Crippen LogP contribution in [0.4, 0.5) is 4.39 Å². The predicted octanol–water partition coefficient (Wildman–Crippen LogP) is -0.288. The summed E-state index contributed by atoms with van der Waals surface area (Å²) in [4.78, 5) is 24.6. The maximum absolute atomic E-state index is 13.9. The minimum absolute atomic E-state index is 0.0932. The molecule has 2 atom stereocenters. The molecule has 18 heavy (non-hydrogen) atoms. The molecule has 8 heteroatoms. The largest absolute Gasteiger partial charge is 0.392 e. The fraction of sp³-hybridized carbons (Fsp3) is 0.400. The maximum Gasteiger partial charge on any atom is 0.329 e. The minimum Gasteiger partial charge on any atom is -0.392 e. The Bertz CT molecular complexity index is 621. The van der Waals surface area contributed by atoms with Gasteiger partial charge in [0.1, 0.15) is 10.8 Å². The van der Waals surface area contributed by atoms with Crippen LogP contribution < -0.4 is 11.2 Å². The first-order chi connectivity index (χ1) is 8.45. The Morgan fingerprint density at radius 2 is 2.22 bits per heavy atom. The molecule has 1 aliphatic carbocycles. The van der Waals surface area contributed by atoms with E-state index in [0.29, 0.717) is 0 Å². The molecule has 0 radical (unpaired) electrons. The molecule has 0 saturated heterocycles. The van der Waals surface area contributed by atoms with Gasteiger partial charge in [0.25, 0.3) is 5.56 Å². The molecule has 1 aromatic heterocycles. The summed E-state index contributed by atoms with van der Waals surface area (Å²) < 4.78 is 14.8. The van der Waals surface area contributed by atoms with Gasteiger partial charge in [-0.2, -0.15) is 0 Å². The van der Waals surface area contributed by atoms with Crippen LogP contribution >= 0.6 is 11.6 Å². The van der Waals surface area contributed by atoms with Crippen molar-refractivity contribution in [1.82, 2.24) is 9.55 Å². The summed E-state index contributed by atoms with van der Waals surface area (Å²) in [5.74, 6) is -0.782. The van der Waals surface area contributed by atoms with Crippen molar-refractivity contribution in [2.24, 2.45) is 0 Å². The SMILES string of the molecule is O=c1[nH]c(=O)n([C@H]2C[C@@H](O)C(CO)=C2F)cc1Cl. The minimum atomic E-state index is -1.15. The molecule has 0 unspecified atom stereocenters. The van der Waals surface area contributed by atoms with Crippen LogP contribution in [0.25, 0.3) is 0 Å². The summed E-state index contributed by atoms with van der Waals surface area (Å²) in [6, 6.07) is -1.07. The number of allylic oxidation sites excluding steroid dienone is 1. The summed E-state index contributed by atoms with van der Waals surface area (Å²) in [7, 11) is 0. The zero-order chi connectivity index (χ0) is 13.4. The third-order valence-corrected chi connectivity index (χ3v) is 3.15. The first kappa shape index (κ1) is 13.0. The van der Waals surface area contributed by atoms with E-state index in [1.54, 1.807) is 0 Å². The molecule has 0 spiro atoms. The summed E-state index contributed by atoms with van der Waals surface area (Å²) in [5, 5.41) is 18.2. The van der Waals surface area contributed by atoms with Crippen molar-refractivity contribution in [3.63, 3.8) is 0 Å². The van der Waals surface area contributed by atoms with Crippen LogP contribution in [0, 0.1) is 0 Å². The Morgan fingerprint density at radius 1 is 1.56 bits per heavy atom. The zero-order valence-corrected chi connectivity index (χ0v) is 9.82. The lowest BCUT2D eigenvalue weighted by atomic mass is 10.2. The molecule has 1 aliphatic rings. The van der Waals surface area contributed by atoms with E-state index < -0.39 is 35.8 Å². The van der Waals surface area contributed by atoms with Crippen LogP contribution in [-0.2, 0) is 0 Å². The Labute approximate surface area is 105 Å². The second-order valence-electron chi connectivity index (χ2n) is 3.94. The van der Waals surface area contributed by atoms with Gasteiger partial charge in [-0.15, -0.1) is 0 Å². The summed E-state index contributed by atoms with van der Waals surface area (Å²) in [6.45, 7) is -0.630. The lowest BCUT2D eigenvalue weighted by molar-refractivity contribution is 0.181. The number of hydrogen-bond acceptors (Lipinski definition) is 4. The monoisotopic (exact) mass is 276 g/mol. The molecule has 6 nitrogen and oxygen atoms in total. The van der Waals surface area contributed by atoms with E-state index in [4.69, 9.17) is 16.7 Å². The molecular formula is C10H10ClFN2O4. The van der Waals surface area contributed by atoms with Gasteiger partial charge in [-0.05, 0) is 0 Å². The van der Waals surface area contributed by atoms with E-state index in [1.165, 1.54) is 0 Å². The third-order valence-electron chi connectivity index (χ3n) is 2.88. The van der Waals surface area contributed by atoms with E-state index in [0.717, 1.165) is 10.8 Å². The predicted molar refractivity (Wildman–Crippen MR) is 61.2 cm³/mol. The van der Waals surface area contributed by atoms with E-state index in [9.17, 15) is 19.1 Å². The van der Waals surface area contributed by atoms with Crippen LogP contribution in [0.5, 0.6) is 0 Å². The van der Waals surface area contributed by atoms with Crippen LogP contribution in [-0.4, -0.2) is 32.5 Å². The molecule has 0 bridgehead atoms. The second kappa shape index (κ2) is 4.68. The highest BCUT2D eigenvalue weighted by Crippen LogP contribution is 2.35. The zero-order valence-electron chi connectivity index (χ0n) is 9.06. The van der Waals surface area contributed by atoms with E-state index >= 15 is 0 Å². The number of rotatable bonds is 2. The van der Waals surface area contributed by atoms with E-state index in [2.05, 4.69) is 0 Å². The molecule has 0 aliphatic heterocycles. The van der Waals surface area contributed by atoms with Crippen LogP contribution in [0.1, 0.15) is 12.5 Å². The van der Waals surface area contributed by atoms with Crippen molar-refractivity contribution < 1.29 is 14.6 Å². The van der Waals surface area contributed by atoms with Crippen molar-refractivity contribution >= 4 is 11.6 Å². The normalized spacial score (nSPS) is 23.8. The van der Waals surface area contributed by atoms with Gasteiger partial charge in [0.2, 0.25) is 0 Å². The van der Waals surface area contributed by atoms with Crippen LogP contribution in [0.2, 0.25) is 5.02 Å². The van der Waals surface area contributed by atoms with Gasteiger partial charge in [-0.3, -0.25) is 14.3 Å². The van der Waals surface area contributed by atoms with Crippen molar-refractivity contribution in [2.45, 2.75) is 18.6 Å². The molecule has 0 saturated carbocycles. The number of nitrogens with zero attached hydrogens (tertiary/aromatic N) is 1. The molecule has 2 rings (SSSR count). The maximum atomic E-state index is 13.9. The van der Waals surface area contributed by atoms with Gasteiger partial charge in [0.15, 0.2) is 0 Å².